The largest absolute Gasteiger partial charge is 0.213 e. The molecule has 0 N–H and O–H groups in total. The minimum atomic E-state index is -0.802. The number of rotatable bonds is 3. The smallest absolute Gasteiger partial charge is 0.201 e. The van der Waals surface area contributed by atoms with E-state index in [2.05, 4.69) is 79.3 Å². The van der Waals surface area contributed by atoms with Crippen LogP contribution in [0.4, 0.5) is 0 Å². The summed E-state index contributed by atoms with van der Waals surface area (Å²) in [6.45, 7) is 10.0. The van der Waals surface area contributed by atoms with E-state index in [9.17, 15) is 0 Å². The van der Waals surface area contributed by atoms with Gasteiger partial charge in [-0.05, 0) is 87.2 Å². The molecule has 6 rings (SSSR count). The van der Waals surface area contributed by atoms with Crippen molar-refractivity contribution in [1.29, 1.82) is 0 Å². The molecule has 34 heavy (non-hydrogen) atoms. The maximum absolute atomic E-state index is 8.95. The van der Waals surface area contributed by atoms with Gasteiger partial charge < -0.3 is 0 Å². The van der Waals surface area contributed by atoms with Crippen molar-refractivity contribution in [2.45, 2.75) is 59.2 Å². The van der Waals surface area contributed by atoms with Crippen molar-refractivity contribution in [1.82, 2.24) is 0 Å². The van der Waals surface area contributed by atoms with Gasteiger partial charge in [0.1, 0.15) is 7.05 Å². The van der Waals surface area contributed by atoms with E-state index in [4.69, 9.17) is 2.74 Å². The highest BCUT2D eigenvalue weighted by Gasteiger charge is 2.35. The van der Waals surface area contributed by atoms with Crippen molar-refractivity contribution in [3.05, 3.63) is 99.7 Å². The molecular formula is C33H34N+. The zero-order valence-corrected chi connectivity index (χ0v) is 21.1. The van der Waals surface area contributed by atoms with Crippen LogP contribution in [0.15, 0.2) is 60.8 Å². The molecule has 0 aliphatic heterocycles. The van der Waals surface area contributed by atoms with Gasteiger partial charge in [-0.3, -0.25) is 0 Å². The number of hydrogen-bond acceptors (Lipinski definition) is 0. The minimum absolute atomic E-state index is 0.781. The molecule has 2 aliphatic carbocycles. The molecule has 0 spiro atoms. The van der Waals surface area contributed by atoms with Crippen molar-refractivity contribution in [3.63, 3.8) is 0 Å². The van der Waals surface area contributed by atoms with Crippen LogP contribution in [0.3, 0.4) is 0 Å². The lowest BCUT2D eigenvalue weighted by molar-refractivity contribution is -0.661. The number of benzene rings is 3. The molecule has 0 atom stereocenters. The summed E-state index contributed by atoms with van der Waals surface area (Å²) >= 11 is 0. The molecule has 0 saturated heterocycles. The third kappa shape index (κ3) is 2.96. The summed E-state index contributed by atoms with van der Waals surface area (Å²) in [7, 11) is 2.10. The molecule has 3 aromatic carbocycles. The first kappa shape index (κ1) is 19.2. The predicted molar refractivity (Wildman–Crippen MR) is 142 cm³/mol. The van der Waals surface area contributed by atoms with Gasteiger partial charge in [0.05, 0.1) is 5.56 Å². The van der Waals surface area contributed by atoms with Gasteiger partial charge >= 0.3 is 0 Å². The van der Waals surface area contributed by atoms with Crippen LogP contribution in [-0.2, 0) is 19.9 Å². The van der Waals surface area contributed by atoms with Crippen LogP contribution < -0.4 is 4.57 Å². The molecule has 4 aromatic rings. The van der Waals surface area contributed by atoms with Crippen molar-refractivity contribution in [2.24, 2.45) is 7.05 Å². The molecule has 0 bridgehead atoms. The van der Waals surface area contributed by atoms with Crippen LogP contribution in [0, 0.1) is 6.92 Å². The molecule has 0 amide bonds. The second kappa shape index (κ2) is 7.67. The highest BCUT2D eigenvalue weighted by molar-refractivity contribution is 6.00. The van der Waals surface area contributed by atoms with Gasteiger partial charge in [-0.2, -0.15) is 0 Å². The molecule has 0 unspecified atom stereocenters. The zero-order chi connectivity index (χ0) is 25.6. The predicted octanol–water partition coefficient (Wildman–Crippen LogP) is 7.88. The van der Waals surface area contributed by atoms with Crippen LogP contribution >= 0.6 is 0 Å². The maximum Gasteiger partial charge on any atom is 0.213 e. The summed E-state index contributed by atoms with van der Waals surface area (Å²) in [5.74, 6) is -1.58. The Morgan fingerprint density at radius 2 is 1.26 bits per heavy atom. The molecule has 0 fully saturated rings. The van der Waals surface area contributed by atoms with E-state index in [1.807, 2.05) is 27.7 Å². The molecule has 1 nitrogen and oxygen atoms in total. The van der Waals surface area contributed by atoms with Gasteiger partial charge in [0.2, 0.25) is 5.69 Å². The Labute approximate surface area is 206 Å². The average molecular weight is 447 g/mol. The standard InChI is InChI=1S/C33H34N/c1-19(2)26-17-30(34(6)18-29(26)20(3)4)31-21(5)27-15-22-11-7-9-13-24(22)32(27)33-25-14-10-8-12-23(25)16-28(31)33/h7-14,17-20H,15-16H2,1-6H3/q+1/i19D,20D. The summed E-state index contributed by atoms with van der Waals surface area (Å²) in [4.78, 5) is 0. The Bertz CT molecular complexity index is 1560. The van der Waals surface area contributed by atoms with Gasteiger partial charge in [0.25, 0.3) is 0 Å². The van der Waals surface area contributed by atoms with Gasteiger partial charge in [0.15, 0.2) is 6.20 Å². The molecule has 1 heterocycles. The third-order valence-corrected chi connectivity index (χ3v) is 7.90. The number of pyridine rings is 1. The number of fused-ring (bicyclic) bond motifs is 7. The molecule has 170 valence electrons. The fourth-order valence-corrected chi connectivity index (χ4v) is 6.26. The van der Waals surface area contributed by atoms with E-state index in [0.29, 0.717) is 0 Å². The fourth-order valence-electron chi connectivity index (χ4n) is 6.26. The summed E-state index contributed by atoms with van der Waals surface area (Å²) in [5, 5.41) is 0. The highest BCUT2D eigenvalue weighted by atomic mass is 14.9. The Morgan fingerprint density at radius 3 is 1.85 bits per heavy atom. The van der Waals surface area contributed by atoms with Crippen molar-refractivity contribution in [3.8, 4) is 33.5 Å². The fraction of sp³-hybridized carbons (Fsp3) is 0.303. The average Bonchev–Trinajstić information content (AvgIpc) is 3.37. The number of aryl methyl sites for hydroxylation is 1. The van der Waals surface area contributed by atoms with E-state index in [1.54, 1.807) is 0 Å². The van der Waals surface area contributed by atoms with Crippen molar-refractivity contribution >= 4 is 0 Å². The number of nitrogens with zero attached hydrogens (tertiary/aromatic N) is 1. The summed E-state index contributed by atoms with van der Waals surface area (Å²) < 4.78 is 19.9. The molecule has 1 aromatic heterocycles. The third-order valence-electron chi connectivity index (χ3n) is 7.90. The lowest BCUT2D eigenvalue weighted by Crippen LogP contribution is -2.33. The van der Waals surface area contributed by atoms with Crippen LogP contribution in [0.25, 0.3) is 33.5 Å². The molecule has 0 saturated carbocycles. The van der Waals surface area contributed by atoms with E-state index in [0.717, 1.165) is 29.7 Å². The summed E-state index contributed by atoms with van der Waals surface area (Å²) in [6.07, 6.45) is 3.98. The molecular weight excluding hydrogens is 410 g/mol. The van der Waals surface area contributed by atoms with E-state index in [1.165, 1.54) is 55.6 Å². The van der Waals surface area contributed by atoms with Crippen molar-refractivity contribution < 1.29 is 7.31 Å². The maximum atomic E-state index is 8.95. The lowest BCUT2D eigenvalue weighted by Gasteiger charge is -2.20. The highest BCUT2D eigenvalue weighted by Crippen LogP contribution is 2.53. The topological polar surface area (TPSA) is 3.88 Å². The zero-order valence-electron chi connectivity index (χ0n) is 23.1. The van der Waals surface area contributed by atoms with Crippen molar-refractivity contribution in [2.75, 3.05) is 0 Å². The van der Waals surface area contributed by atoms with Crippen LogP contribution in [0.1, 0.15) is 81.2 Å². The van der Waals surface area contributed by atoms with E-state index >= 15 is 0 Å². The Hall–Kier alpha value is -3.19. The quantitative estimate of drug-likeness (QED) is 0.243. The second-order valence-electron chi connectivity index (χ2n) is 10.5. The number of hydrogen-bond donors (Lipinski definition) is 0. The first-order chi connectivity index (χ1) is 17.0. The van der Waals surface area contributed by atoms with Gasteiger partial charge in [0, 0.05) is 14.4 Å². The monoisotopic (exact) mass is 446 g/mol. The SMILES string of the molecule is [2H]C(C)(C)c1cc(-c2c(C)c3c(c4c2Cc2ccccc2-4)-c2ccccc2C3)[n+](C)cc1C([2H])(C)C. The van der Waals surface area contributed by atoms with Gasteiger partial charge in [-0.25, -0.2) is 4.57 Å². The van der Waals surface area contributed by atoms with Crippen LogP contribution in [0.2, 0.25) is 0 Å². The Morgan fingerprint density at radius 1 is 0.735 bits per heavy atom. The van der Waals surface area contributed by atoms with Gasteiger partial charge in [-0.1, -0.05) is 76.2 Å². The van der Waals surface area contributed by atoms with Gasteiger partial charge in [-0.15, -0.1) is 0 Å². The first-order valence-corrected chi connectivity index (χ1v) is 12.4. The normalized spacial score (nSPS) is 14.8. The summed E-state index contributed by atoms with van der Waals surface area (Å²) in [5.41, 5.74) is 16.8. The van der Waals surface area contributed by atoms with E-state index in [-0.39, 0.29) is 0 Å². The van der Waals surface area contributed by atoms with Crippen LogP contribution in [0.5, 0.6) is 0 Å². The molecule has 0 radical (unpaired) electrons. The molecule has 2 aliphatic rings. The lowest BCUT2D eigenvalue weighted by atomic mass is 9.84. The molecule has 1 heteroatoms. The number of aromatic nitrogens is 1. The van der Waals surface area contributed by atoms with E-state index < -0.39 is 11.8 Å². The second-order valence-corrected chi connectivity index (χ2v) is 10.5. The van der Waals surface area contributed by atoms with Crippen LogP contribution in [-0.4, -0.2) is 0 Å². The minimum Gasteiger partial charge on any atom is -0.201 e. The summed E-state index contributed by atoms with van der Waals surface area (Å²) in [6, 6.07) is 19.9. The Kier molecular flexibility index (Phi) is 4.32. The first-order valence-electron chi connectivity index (χ1n) is 13.4. The Balaban J connectivity index is 1.71.